The summed E-state index contributed by atoms with van der Waals surface area (Å²) in [5.74, 6) is -0.102. The Morgan fingerprint density at radius 2 is 1.83 bits per heavy atom. The van der Waals surface area contributed by atoms with Crippen molar-refractivity contribution >= 4 is 21.6 Å². The molecule has 0 unspecified atom stereocenters. The number of nitrogens with one attached hydrogen (secondary N) is 1. The van der Waals surface area contributed by atoms with Gasteiger partial charge < -0.3 is 4.90 Å². The number of aryl methyl sites for hydroxylation is 1. The molecule has 24 heavy (non-hydrogen) atoms. The molecule has 0 saturated heterocycles. The predicted molar refractivity (Wildman–Crippen MR) is 93.7 cm³/mol. The van der Waals surface area contributed by atoms with Crippen molar-refractivity contribution in [3.05, 3.63) is 59.7 Å². The fourth-order valence-corrected chi connectivity index (χ4v) is 3.99. The van der Waals surface area contributed by atoms with Gasteiger partial charge in [0, 0.05) is 24.3 Å². The molecule has 1 aliphatic rings. The topological polar surface area (TPSA) is 66.5 Å². The standard InChI is InChI=1S/C18H20N2O3S/c1-2-19-24(22,23)16-11-9-15(10-12-16)18(21)20-13-5-7-14-6-3-4-8-17(14)20/h3-4,6,8-12,19H,2,5,7,13H2,1H3. The Hall–Kier alpha value is -2.18. The smallest absolute Gasteiger partial charge is 0.258 e. The number of carbonyl (C=O) groups is 1. The van der Waals surface area contributed by atoms with Gasteiger partial charge >= 0.3 is 0 Å². The molecule has 0 radical (unpaired) electrons. The summed E-state index contributed by atoms with van der Waals surface area (Å²) < 4.78 is 26.4. The Morgan fingerprint density at radius 3 is 2.54 bits per heavy atom. The number of rotatable bonds is 4. The fourth-order valence-electron chi connectivity index (χ4n) is 2.95. The van der Waals surface area contributed by atoms with Gasteiger partial charge in [-0.05, 0) is 48.7 Å². The van der Waals surface area contributed by atoms with Crippen LogP contribution >= 0.6 is 0 Å². The number of nitrogens with zero attached hydrogens (tertiary/aromatic N) is 1. The molecule has 1 aliphatic heterocycles. The summed E-state index contributed by atoms with van der Waals surface area (Å²) in [6.45, 7) is 2.73. The predicted octanol–water partition coefficient (Wildman–Crippen LogP) is 2.58. The van der Waals surface area contributed by atoms with Crippen LogP contribution in [0.15, 0.2) is 53.4 Å². The van der Waals surface area contributed by atoms with Crippen LogP contribution in [0.3, 0.4) is 0 Å². The number of carbonyl (C=O) groups excluding carboxylic acids is 1. The molecule has 3 rings (SSSR count). The fraction of sp³-hybridized carbons (Fsp3) is 0.278. The minimum Gasteiger partial charge on any atom is -0.308 e. The van der Waals surface area contributed by atoms with Gasteiger partial charge in [0.1, 0.15) is 0 Å². The van der Waals surface area contributed by atoms with Gasteiger partial charge in [0.2, 0.25) is 10.0 Å². The number of hydrogen-bond donors (Lipinski definition) is 1. The molecule has 0 spiro atoms. The van der Waals surface area contributed by atoms with Gasteiger partial charge in [-0.15, -0.1) is 0 Å². The van der Waals surface area contributed by atoms with Crippen molar-refractivity contribution in [2.45, 2.75) is 24.7 Å². The molecule has 2 aromatic rings. The maximum Gasteiger partial charge on any atom is 0.258 e. The lowest BCUT2D eigenvalue weighted by Crippen LogP contribution is -2.35. The first-order valence-electron chi connectivity index (χ1n) is 8.02. The van der Waals surface area contributed by atoms with Crippen molar-refractivity contribution in [2.75, 3.05) is 18.0 Å². The highest BCUT2D eigenvalue weighted by Crippen LogP contribution is 2.28. The van der Waals surface area contributed by atoms with E-state index in [1.54, 1.807) is 24.0 Å². The van der Waals surface area contributed by atoms with Crippen LogP contribution in [0.25, 0.3) is 0 Å². The first kappa shape index (κ1) is 16.7. The van der Waals surface area contributed by atoms with Crippen molar-refractivity contribution < 1.29 is 13.2 Å². The Kier molecular flexibility index (Phi) is 4.69. The van der Waals surface area contributed by atoms with Crippen LogP contribution in [0.2, 0.25) is 0 Å². The van der Waals surface area contributed by atoms with Gasteiger partial charge in [0.05, 0.1) is 4.90 Å². The van der Waals surface area contributed by atoms with E-state index in [9.17, 15) is 13.2 Å². The molecule has 1 heterocycles. The molecule has 126 valence electrons. The molecule has 0 saturated carbocycles. The summed E-state index contributed by atoms with van der Waals surface area (Å²) >= 11 is 0. The van der Waals surface area contributed by atoms with E-state index in [-0.39, 0.29) is 10.8 Å². The van der Waals surface area contributed by atoms with Crippen LogP contribution in [0.1, 0.15) is 29.3 Å². The zero-order valence-electron chi connectivity index (χ0n) is 13.5. The molecule has 0 aromatic heterocycles. The first-order valence-corrected chi connectivity index (χ1v) is 9.51. The van der Waals surface area contributed by atoms with Crippen LogP contribution in [0, 0.1) is 0 Å². The van der Waals surface area contributed by atoms with Gasteiger partial charge in [-0.3, -0.25) is 4.79 Å². The van der Waals surface area contributed by atoms with Crippen LogP contribution in [-0.4, -0.2) is 27.4 Å². The van der Waals surface area contributed by atoms with Crippen molar-refractivity contribution in [3.63, 3.8) is 0 Å². The molecular weight excluding hydrogens is 324 g/mol. The largest absolute Gasteiger partial charge is 0.308 e. The molecule has 6 heteroatoms. The van der Waals surface area contributed by atoms with E-state index < -0.39 is 10.0 Å². The second-order valence-corrected chi connectivity index (χ2v) is 7.48. The van der Waals surface area contributed by atoms with E-state index >= 15 is 0 Å². The average molecular weight is 344 g/mol. The van der Waals surface area contributed by atoms with E-state index in [1.807, 2.05) is 24.3 Å². The van der Waals surface area contributed by atoms with Gasteiger partial charge in [-0.2, -0.15) is 0 Å². The molecule has 0 aliphatic carbocycles. The van der Waals surface area contributed by atoms with Crippen LogP contribution in [0.5, 0.6) is 0 Å². The van der Waals surface area contributed by atoms with E-state index in [4.69, 9.17) is 0 Å². The Morgan fingerprint density at radius 1 is 1.12 bits per heavy atom. The lowest BCUT2D eigenvalue weighted by molar-refractivity contribution is 0.0985. The Balaban J connectivity index is 1.87. The highest BCUT2D eigenvalue weighted by Gasteiger charge is 2.23. The SMILES string of the molecule is CCNS(=O)(=O)c1ccc(C(=O)N2CCCc3ccccc32)cc1. The second-order valence-electron chi connectivity index (χ2n) is 5.71. The third-order valence-corrected chi connectivity index (χ3v) is 5.66. The second kappa shape index (κ2) is 6.75. The van der Waals surface area contributed by atoms with Crippen molar-refractivity contribution in [1.82, 2.24) is 4.72 Å². The highest BCUT2D eigenvalue weighted by molar-refractivity contribution is 7.89. The van der Waals surface area contributed by atoms with E-state index in [1.165, 1.54) is 17.7 Å². The molecule has 2 aromatic carbocycles. The normalized spacial score (nSPS) is 14.3. The number of benzene rings is 2. The number of fused-ring (bicyclic) bond motifs is 1. The van der Waals surface area contributed by atoms with E-state index in [0.717, 1.165) is 18.5 Å². The molecule has 0 bridgehead atoms. The Labute approximate surface area is 142 Å². The molecule has 1 N–H and O–H groups in total. The minimum atomic E-state index is -3.50. The van der Waals surface area contributed by atoms with Crippen LogP contribution < -0.4 is 9.62 Å². The maximum absolute atomic E-state index is 12.8. The van der Waals surface area contributed by atoms with Gasteiger partial charge in [0.15, 0.2) is 0 Å². The average Bonchev–Trinajstić information content (AvgIpc) is 2.61. The number of sulfonamides is 1. The van der Waals surface area contributed by atoms with Gasteiger partial charge in [0.25, 0.3) is 5.91 Å². The zero-order valence-corrected chi connectivity index (χ0v) is 14.3. The molecule has 0 fully saturated rings. The van der Waals surface area contributed by atoms with Crippen molar-refractivity contribution in [2.24, 2.45) is 0 Å². The van der Waals surface area contributed by atoms with E-state index in [0.29, 0.717) is 18.7 Å². The summed E-state index contributed by atoms with van der Waals surface area (Å²) in [4.78, 5) is 14.7. The highest BCUT2D eigenvalue weighted by atomic mass is 32.2. The maximum atomic E-state index is 12.8. The third-order valence-electron chi connectivity index (χ3n) is 4.10. The molecule has 0 atom stereocenters. The zero-order chi connectivity index (χ0) is 17.2. The summed E-state index contributed by atoms with van der Waals surface area (Å²) in [7, 11) is -3.50. The van der Waals surface area contributed by atoms with Gasteiger partial charge in [-0.25, -0.2) is 13.1 Å². The monoisotopic (exact) mass is 344 g/mol. The summed E-state index contributed by atoms with van der Waals surface area (Å²) in [6, 6.07) is 14.0. The van der Waals surface area contributed by atoms with Gasteiger partial charge in [-0.1, -0.05) is 25.1 Å². The van der Waals surface area contributed by atoms with E-state index in [2.05, 4.69) is 4.72 Å². The summed E-state index contributed by atoms with van der Waals surface area (Å²) in [5, 5.41) is 0. The minimum absolute atomic E-state index is 0.102. The summed E-state index contributed by atoms with van der Waals surface area (Å²) in [6.07, 6.45) is 1.90. The molecule has 5 nitrogen and oxygen atoms in total. The van der Waals surface area contributed by atoms with Crippen molar-refractivity contribution in [3.8, 4) is 0 Å². The lowest BCUT2D eigenvalue weighted by atomic mass is 10.0. The quantitative estimate of drug-likeness (QED) is 0.927. The Bertz CT molecular complexity index is 845. The van der Waals surface area contributed by atoms with Crippen LogP contribution in [0.4, 0.5) is 5.69 Å². The first-order chi connectivity index (χ1) is 11.5. The lowest BCUT2D eigenvalue weighted by Gasteiger charge is -2.29. The number of hydrogen-bond acceptors (Lipinski definition) is 3. The van der Waals surface area contributed by atoms with Crippen LogP contribution in [-0.2, 0) is 16.4 Å². The molecular formula is C18H20N2O3S. The third kappa shape index (κ3) is 3.20. The number of amides is 1. The number of anilines is 1. The van der Waals surface area contributed by atoms with Crippen molar-refractivity contribution in [1.29, 1.82) is 0 Å². The summed E-state index contributed by atoms with van der Waals surface area (Å²) in [5.41, 5.74) is 2.60. The molecule has 1 amide bonds. The number of para-hydroxylation sites is 1.